The normalized spacial score (nSPS) is 15.6. The van der Waals surface area contributed by atoms with E-state index in [4.69, 9.17) is 11.6 Å². The van der Waals surface area contributed by atoms with E-state index >= 15 is 0 Å². The highest BCUT2D eigenvalue weighted by Gasteiger charge is 2.37. The van der Waals surface area contributed by atoms with Crippen LogP contribution in [0.2, 0.25) is 0 Å². The summed E-state index contributed by atoms with van der Waals surface area (Å²) in [4.78, 5) is 24.8. The molecule has 2 rings (SSSR count). The summed E-state index contributed by atoms with van der Waals surface area (Å²) in [6.07, 6.45) is 1.44. The number of hydrogen-bond acceptors (Lipinski definition) is 2. The fraction of sp³-hybridized carbons (Fsp3) is 0.0769. The third kappa shape index (κ3) is 1.95. The van der Waals surface area contributed by atoms with E-state index in [0.29, 0.717) is 5.56 Å². The minimum absolute atomic E-state index is 0.0958. The molecule has 0 fully saturated rings. The molecule has 3 nitrogen and oxygen atoms in total. The highest BCUT2D eigenvalue weighted by atomic mass is 35.5. The zero-order valence-electron chi connectivity index (χ0n) is 9.32. The average Bonchev–Trinajstić information content (AvgIpc) is 2.56. The molecule has 1 aromatic rings. The van der Waals surface area contributed by atoms with Gasteiger partial charge >= 0.3 is 0 Å². The number of carbonyl (C=O) groups excluding carboxylic acids is 2. The first-order valence-corrected chi connectivity index (χ1v) is 5.57. The maximum Gasteiger partial charge on any atom is 0.273 e. The largest absolute Gasteiger partial charge is 0.273 e. The smallest absolute Gasteiger partial charge is 0.270 e. The van der Waals surface area contributed by atoms with E-state index in [9.17, 15) is 14.0 Å². The molecule has 5 heteroatoms. The highest BCUT2D eigenvalue weighted by Crippen LogP contribution is 2.31. The second-order valence-corrected chi connectivity index (χ2v) is 4.08. The van der Waals surface area contributed by atoms with Crippen LogP contribution in [0.3, 0.4) is 0 Å². The molecule has 0 bridgehead atoms. The molecule has 0 radical (unpaired) electrons. The van der Waals surface area contributed by atoms with Gasteiger partial charge in [-0.05, 0) is 17.7 Å². The zero-order valence-corrected chi connectivity index (χ0v) is 10.1. The Morgan fingerprint density at radius 3 is 2.39 bits per heavy atom. The maximum absolute atomic E-state index is 12.8. The minimum Gasteiger partial charge on any atom is -0.270 e. The van der Waals surface area contributed by atoms with Crippen molar-refractivity contribution >= 4 is 29.0 Å². The van der Waals surface area contributed by atoms with Crippen molar-refractivity contribution < 1.29 is 14.0 Å². The van der Waals surface area contributed by atoms with Gasteiger partial charge in [-0.3, -0.25) is 14.5 Å². The first-order valence-electron chi connectivity index (χ1n) is 5.19. The van der Waals surface area contributed by atoms with Gasteiger partial charge < -0.3 is 0 Å². The molecule has 1 aliphatic rings. The molecular formula is C13H9ClFNO2. The monoisotopic (exact) mass is 265 g/mol. The molecule has 92 valence electrons. The van der Waals surface area contributed by atoms with Gasteiger partial charge in [0.15, 0.2) is 0 Å². The van der Waals surface area contributed by atoms with Crippen molar-refractivity contribution in [1.29, 1.82) is 0 Å². The predicted molar refractivity (Wildman–Crippen MR) is 66.1 cm³/mol. The number of rotatable bonds is 3. The molecule has 0 aromatic heterocycles. The summed E-state index contributed by atoms with van der Waals surface area (Å²) in [6.45, 7) is 3.57. The molecule has 1 aromatic carbocycles. The molecule has 18 heavy (non-hydrogen) atoms. The summed E-state index contributed by atoms with van der Waals surface area (Å²) < 4.78 is 12.8. The summed E-state index contributed by atoms with van der Waals surface area (Å²) >= 11 is 5.87. The molecule has 2 amide bonds. The third-order valence-corrected chi connectivity index (χ3v) is 2.91. The van der Waals surface area contributed by atoms with Crippen molar-refractivity contribution in [3.63, 3.8) is 0 Å². The van der Waals surface area contributed by atoms with Gasteiger partial charge in [0.2, 0.25) is 0 Å². The summed E-state index contributed by atoms with van der Waals surface area (Å²) in [5, 5.41) is -0.145. The molecule has 0 N–H and O–H groups in total. The Balaban J connectivity index is 2.44. The van der Waals surface area contributed by atoms with Crippen LogP contribution in [-0.4, -0.2) is 23.3 Å². The Labute approximate surface area is 108 Å². The van der Waals surface area contributed by atoms with E-state index in [-0.39, 0.29) is 17.2 Å². The Morgan fingerprint density at radius 2 is 1.83 bits per heavy atom. The van der Waals surface area contributed by atoms with Crippen molar-refractivity contribution in [3.05, 3.63) is 53.3 Å². The van der Waals surface area contributed by atoms with Crippen LogP contribution in [0, 0.1) is 5.82 Å². The topological polar surface area (TPSA) is 37.4 Å². The molecular weight excluding hydrogens is 257 g/mol. The van der Waals surface area contributed by atoms with Crippen LogP contribution >= 0.6 is 11.6 Å². The molecule has 0 saturated heterocycles. The zero-order chi connectivity index (χ0) is 13.3. The lowest BCUT2D eigenvalue weighted by molar-refractivity contribution is -0.135. The lowest BCUT2D eigenvalue weighted by Gasteiger charge is -2.11. The van der Waals surface area contributed by atoms with Gasteiger partial charge in [0.05, 0.1) is 5.57 Å². The Morgan fingerprint density at radius 1 is 1.22 bits per heavy atom. The van der Waals surface area contributed by atoms with Crippen LogP contribution < -0.4 is 0 Å². The van der Waals surface area contributed by atoms with E-state index in [0.717, 1.165) is 4.90 Å². The van der Waals surface area contributed by atoms with E-state index in [2.05, 4.69) is 6.58 Å². The van der Waals surface area contributed by atoms with Crippen molar-refractivity contribution in [2.45, 2.75) is 0 Å². The molecule has 0 aliphatic carbocycles. The van der Waals surface area contributed by atoms with Crippen LogP contribution in [0.1, 0.15) is 5.56 Å². The van der Waals surface area contributed by atoms with Crippen molar-refractivity contribution in [2.24, 2.45) is 0 Å². The van der Waals surface area contributed by atoms with Crippen LogP contribution in [0.5, 0.6) is 0 Å². The fourth-order valence-corrected chi connectivity index (χ4v) is 2.00. The lowest BCUT2D eigenvalue weighted by Crippen LogP contribution is -2.31. The van der Waals surface area contributed by atoms with Crippen molar-refractivity contribution in [1.82, 2.24) is 4.90 Å². The Hall–Kier alpha value is -1.94. The number of hydrogen-bond donors (Lipinski definition) is 0. The maximum atomic E-state index is 12.8. The molecule has 1 heterocycles. The SMILES string of the molecule is C=CCN1C(=O)C(Cl)=C(c2ccc(F)cc2)C1=O. The van der Waals surface area contributed by atoms with Crippen LogP contribution in [0.15, 0.2) is 42.0 Å². The third-order valence-electron chi connectivity index (χ3n) is 2.56. The van der Waals surface area contributed by atoms with Gasteiger partial charge in [-0.15, -0.1) is 6.58 Å². The Bertz CT molecular complexity index is 563. The van der Waals surface area contributed by atoms with Gasteiger partial charge in [0, 0.05) is 6.54 Å². The van der Waals surface area contributed by atoms with Crippen LogP contribution in [0.4, 0.5) is 4.39 Å². The highest BCUT2D eigenvalue weighted by molar-refractivity contribution is 6.55. The average molecular weight is 266 g/mol. The fourth-order valence-electron chi connectivity index (χ4n) is 1.71. The summed E-state index contributed by atoms with van der Waals surface area (Å²) in [6, 6.07) is 5.24. The van der Waals surface area contributed by atoms with E-state index in [1.165, 1.54) is 30.3 Å². The number of imide groups is 1. The van der Waals surface area contributed by atoms with Gasteiger partial charge in [0.25, 0.3) is 11.8 Å². The summed E-state index contributed by atoms with van der Waals surface area (Å²) in [5.74, 6) is -1.47. The number of nitrogens with zero attached hydrogens (tertiary/aromatic N) is 1. The number of halogens is 2. The number of carbonyl (C=O) groups is 2. The quantitative estimate of drug-likeness (QED) is 0.621. The predicted octanol–water partition coefficient (Wildman–Crippen LogP) is 2.33. The van der Waals surface area contributed by atoms with Gasteiger partial charge in [-0.1, -0.05) is 29.8 Å². The van der Waals surface area contributed by atoms with Crippen molar-refractivity contribution in [3.8, 4) is 0 Å². The summed E-state index contributed by atoms with van der Waals surface area (Å²) in [5.41, 5.74) is 0.523. The standard InChI is InChI=1S/C13H9ClFNO2/c1-2-7-16-12(17)10(11(14)13(16)18)8-3-5-9(15)6-4-8/h2-6H,1,7H2. The van der Waals surface area contributed by atoms with E-state index < -0.39 is 17.6 Å². The molecule has 0 saturated carbocycles. The first kappa shape index (κ1) is 12.5. The molecule has 0 unspecified atom stereocenters. The lowest BCUT2D eigenvalue weighted by atomic mass is 10.1. The van der Waals surface area contributed by atoms with Gasteiger partial charge in [0.1, 0.15) is 10.8 Å². The second-order valence-electron chi connectivity index (χ2n) is 3.71. The number of benzene rings is 1. The van der Waals surface area contributed by atoms with E-state index in [1.807, 2.05) is 0 Å². The minimum atomic E-state index is -0.555. The molecule has 0 spiro atoms. The van der Waals surface area contributed by atoms with E-state index in [1.54, 1.807) is 0 Å². The summed E-state index contributed by atoms with van der Waals surface area (Å²) in [7, 11) is 0. The van der Waals surface area contributed by atoms with Crippen LogP contribution in [-0.2, 0) is 9.59 Å². The Kier molecular flexibility index (Phi) is 3.30. The van der Waals surface area contributed by atoms with Crippen LogP contribution in [0.25, 0.3) is 5.57 Å². The molecule has 1 aliphatic heterocycles. The molecule has 0 atom stereocenters. The van der Waals surface area contributed by atoms with Crippen molar-refractivity contribution in [2.75, 3.05) is 6.54 Å². The van der Waals surface area contributed by atoms with Gasteiger partial charge in [-0.2, -0.15) is 0 Å². The van der Waals surface area contributed by atoms with Gasteiger partial charge in [-0.25, -0.2) is 4.39 Å². The number of amides is 2. The first-order chi connectivity index (χ1) is 8.56. The second kappa shape index (κ2) is 4.74.